The molecule has 5 nitrogen and oxygen atoms in total. The average molecular weight is 285 g/mol. The van der Waals surface area contributed by atoms with Gasteiger partial charge in [0.05, 0.1) is 16.6 Å². The van der Waals surface area contributed by atoms with Gasteiger partial charge in [-0.15, -0.1) is 0 Å². The Morgan fingerprint density at radius 3 is 2.68 bits per heavy atom. The first-order chi connectivity index (χ1) is 9.11. The molecule has 0 spiro atoms. The molecule has 0 amide bonds. The zero-order valence-electron chi connectivity index (χ0n) is 10.6. The molecule has 0 atom stereocenters. The molecule has 19 heavy (non-hydrogen) atoms. The molecule has 0 aliphatic heterocycles. The molecule has 0 unspecified atom stereocenters. The molecule has 2 rings (SSSR count). The van der Waals surface area contributed by atoms with Crippen LogP contribution in [-0.2, 0) is 6.54 Å². The number of halogens is 1. The molecule has 1 saturated carbocycles. The topological polar surface area (TPSA) is 66.6 Å². The highest BCUT2D eigenvalue weighted by Gasteiger charge is 2.25. The lowest BCUT2D eigenvalue weighted by atomic mass is 9.91. The first-order valence-corrected chi connectivity index (χ1v) is 6.77. The predicted molar refractivity (Wildman–Crippen MR) is 73.2 cm³/mol. The number of nitro benzene ring substituents is 1. The summed E-state index contributed by atoms with van der Waals surface area (Å²) in [4.78, 5) is 12.4. The maximum atomic E-state index is 10.7. The lowest BCUT2D eigenvalue weighted by Crippen LogP contribution is -2.41. The summed E-state index contributed by atoms with van der Waals surface area (Å²) >= 11 is 6.09. The second kappa shape index (κ2) is 6.32. The van der Waals surface area contributed by atoms with Crippen molar-refractivity contribution in [2.45, 2.75) is 31.8 Å². The Bertz CT molecular complexity index is 463. The Kier molecular flexibility index (Phi) is 4.74. The zero-order valence-corrected chi connectivity index (χ0v) is 11.3. The molecule has 1 fully saturated rings. The highest BCUT2D eigenvalue weighted by molar-refractivity contribution is 6.31. The summed E-state index contributed by atoms with van der Waals surface area (Å²) in [7, 11) is 0. The maximum absolute atomic E-state index is 10.7. The summed E-state index contributed by atoms with van der Waals surface area (Å²) in [5.41, 5.74) is 0.874. The monoisotopic (exact) mass is 284 g/mol. The van der Waals surface area contributed by atoms with Crippen LogP contribution < -0.4 is 0 Å². The van der Waals surface area contributed by atoms with Gasteiger partial charge in [-0.1, -0.05) is 18.0 Å². The third-order valence-electron chi connectivity index (χ3n) is 3.60. The average Bonchev–Trinajstić information content (AvgIpc) is 2.29. The molecule has 1 aliphatic rings. The van der Waals surface area contributed by atoms with Crippen LogP contribution in [0.15, 0.2) is 18.2 Å². The van der Waals surface area contributed by atoms with Crippen molar-refractivity contribution in [3.8, 4) is 0 Å². The number of nitrogens with zero attached hydrogens (tertiary/aromatic N) is 2. The number of aliphatic hydroxyl groups excluding tert-OH is 1. The van der Waals surface area contributed by atoms with E-state index in [1.54, 1.807) is 6.07 Å². The summed E-state index contributed by atoms with van der Waals surface area (Å²) in [6.45, 7) is 1.35. The number of non-ortho nitro benzene ring substituents is 1. The van der Waals surface area contributed by atoms with E-state index in [9.17, 15) is 10.1 Å². The Morgan fingerprint density at radius 2 is 2.21 bits per heavy atom. The fourth-order valence-electron chi connectivity index (χ4n) is 2.27. The van der Waals surface area contributed by atoms with Crippen LogP contribution in [0.5, 0.6) is 0 Å². The fourth-order valence-corrected chi connectivity index (χ4v) is 2.50. The van der Waals surface area contributed by atoms with Gasteiger partial charge in [0.1, 0.15) is 0 Å². The predicted octanol–water partition coefficient (Wildman–Crippen LogP) is 2.60. The SMILES string of the molecule is O=[N+]([O-])c1ccc(CN(CCO)C2CCC2)c(Cl)c1. The van der Waals surface area contributed by atoms with Crippen LogP contribution in [-0.4, -0.2) is 34.1 Å². The number of rotatable bonds is 6. The largest absolute Gasteiger partial charge is 0.395 e. The van der Waals surface area contributed by atoms with Crippen LogP contribution >= 0.6 is 11.6 Å². The number of benzene rings is 1. The third kappa shape index (κ3) is 3.43. The Hall–Kier alpha value is -1.17. The van der Waals surface area contributed by atoms with Crippen molar-refractivity contribution in [2.24, 2.45) is 0 Å². The van der Waals surface area contributed by atoms with Crippen molar-refractivity contribution in [3.63, 3.8) is 0 Å². The molecule has 1 N–H and O–H groups in total. The first kappa shape index (κ1) is 14.2. The minimum atomic E-state index is -0.451. The highest BCUT2D eigenvalue weighted by atomic mass is 35.5. The van der Waals surface area contributed by atoms with Crippen molar-refractivity contribution in [1.82, 2.24) is 4.90 Å². The molecule has 0 radical (unpaired) electrons. The van der Waals surface area contributed by atoms with Gasteiger partial charge in [-0.05, 0) is 24.5 Å². The van der Waals surface area contributed by atoms with E-state index < -0.39 is 4.92 Å². The summed E-state index contributed by atoms with van der Waals surface area (Å²) in [5, 5.41) is 20.2. The van der Waals surface area contributed by atoms with E-state index in [2.05, 4.69) is 4.90 Å². The highest BCUT2D eigenvalue weighted by Crippen LogP contribution is 2.29. The van der Waals surface area contributed by atoms with E-state index in [-0.39, 0.29) is 12.3 Å². The molecule has 0 bridgehead atoms. The third-order valence-corrected chi connectivity index (χ3v) is 3.95. The second-order valence-corrected chi connectivity index (χ2v) is 5.22. The molecular formula is C13H17ClN2O3. The number of hydrogen-bond donors (Lipinski definition) is 1. The van der Waals surface area contributed by atoms with Gasteiger partial charge < -0.3 is 5.11 Å². The Balaban J connectivity index is 2.09. The Labute approximate surface area is 116 Å². The summed E-state index contributed by atoms with van der Waals surface area (Å²) in [6, 6.07) is 5.05. The van der Waals surface area contributed by atoms with Crippen LogP contribution in [0.2, 0.25) is 5.02 Å². The van der Waals surface area contributed by atoms with Crippen LogP contribution in [0.4, 0.5) is 5.69 Å². The summed E-state index contributed by atoms with van der Waals surface area (Å²) in [5.74, 6) is 0. The van der Waals surface area contributed by atoms with E-state index in [1.165, 1.54) is 18.6 Å². The van der Waals surface area contributed by atoms with Crippen molar-refractivity contribution >= 4 is 17.3 Å². The maximum Gasteiger partial charge on any atom is 0.270 e. The lowest BCUT2D eigenvalue weighted by Gasteiger charge is -2.37. The molecule has 1 aliphatic carbocycles. The number of nitro groups is 1. The van der Waals surface area contributed by atoms with Gasteiger partial charge in [0.25, 0.3) is 5.69 Å². The quantitative estimate of drug-likeness (QED) is 0.644. The minimum Gasteiger partial charge on any atom is -0.395 e. The molecule has 0 aromatic heterocycles. The van der Waals surface area contributed by atoms with Crippen LogP contribution in [0, 0.1) is 10.1 Å². The molecule has 1 aromatic rings. The molecule has 1 aromatic carbocycles. The van der Waals surface area contributed by atoms with Crippen molar-refractivity contribution in [3.05, 3.63) is 38.9 Å². The van der Waals surface area contributed by atoms with Gasteiger partial charge in [0.2, 0.25) is 0 Å². The van der Waals surface area contributed by atoms with Crippen LogP contribution in [0.3, 0.4) is 0 Å². The van der Waals surface area contributed by atoms with Gasteiger partial charge in [-0.2, -0.15) is 0 Å². The standard InChI is InChI=1S/C13H17ClN2O3/c14-13-8-12(16(18)19)5-4-10(13)9-15(6-7-17)11-2-1-3-11/h4-5,8,11,17H,1-3,6-7,9H2. The summed E-state index contributed by atoms with van der Waals surface area (Å²) < 4.78 is 0. The molecular weight excluding hydrogens is 268 g/mol. The van der Waals surface area contributed by atoms with Crippen molar-refractivity contribution in [1.29, 1.82) is 0 Å². The molecule has 0 heterocycles. The van der Waals surface area contributed by atoms with Gasteiger partial charge in [0, 0.05) is 31.3 Å². The van der Waals surface area contributed by atoms with Gasteiger partial charge in [-0.25, -0.2) is 0 Å². The van der Waals surface area contributed by atoms with E-state index in [1.807, 2.05) is 0 Å². The van der Waals surface area contributed by atoms with Crippen molar-refractivity contribution in [2.75, 3.05) is 13.2 Å². The van der Waals surface area contributed by atoms with E-state index >= 15 is 0 Å². The summed E-state index contributed by atoms with van der Waals surface area (Å²) in [6.07, 6.45) is 3.51. The van der Waals surface area contributed by atoms with Gasteiger partial charge in [-0.3, -0.25) is 15.0 Å². The smallest absolute Gasteiger partial charge is 0.270 e. The molecule has 0 saturated heterocycles. The minimum absolute atomic E-state index is 0.00565. The van der Waals surface area contributed by atoms with E-state index in [0.717, 1.165) is 18.4 Å². The number of hydrogen-bond acceptors (Lipinski definition) is 4. The number of aliphatic hydroxyl groups is 1. The van der Waals surface area contributed by atoms with Crippen LogP contribution in [0.1, 0.15) is 24.8 Å². The second-order valence-electron chi connectivity index (χ2n) is 4.81. The normalized spacial score (nSPS) is 15.5. The van der Waals surface area contributed by atoms with Gasteiger partial charge >= 0.3 is 0 Å². The van der Waals surface area contributed by atoms with E-state index in [0.29, 0.717) is 24.2 Å². The Morgan fingerprint density at radius 1 is 1.47 bits per heavy atom. The lowest BCUT2D eigenvalue weighted by molar-refractivity contribution is -0.384. The van der Waals surface area contributed by atoms with Crippen LogP contribution in [0.25, 0.3) is 0 Å². The van der Waals surface area contributed by atoms with E-state index in [4.69, 9.17) is 16.7 Å². The fraction of sp³-hybridized carbons (Fsp3) is 0.538. The first-order valence-electron chi connectivity index (χ1n) is 6.39. The van der Waals surface area contributed by atoms with Crippen molar-refractivity contribution < 1.29 is 10.0 Å². The molecule has 104 valence electrons. The molecule has 6 heteroatoms. The zero-order chi connectivity index (χ0) is 13.8. The van der Waals surface area contributed by atoms with Gasteiger partial charge in [0.15, 0.2) is 0 Å².